The van der Waals surface area contributed by atoms with Gasteiger partial charge in [-0.2, -0.15) is 5.10 Å². The molecule has 1 fully saturated rings. The predicted octanol–water partition coefficient (Wildman–Crippen LogP) is 4.19. The summed E-state index contributed by atoms with van der Waals surface area (Å²) in [5.74, 6) is 0.751. The smallest absolute Gasteiger partial charge is 0.0695 e. The molecule has 1 N–H and O–H groups in total. The Bertz CT molecular complexity index is 361. The summed E-state index contributed by atoms with van der Waals surface area (Å²) in [5, 5.41) is 8.15. The quantitative estimate of drug-likeness (QED) is 0.821. The number of halogens is 1. The van der Waals surface area contributed by atoms with Gasteiger partial charge in [-0.15, -0.1) is 0 Å². The van der Waals surface area contributed by atoms with Gasteiger partial charge in [0.2, 0.25) is 0 Å². The molecule has 3 nitrogen and oxygen atoms in total. The van der Waals surface area contributed by atoms with Crippen LogP contribution in [0.1, 0.15) is 63.6 Å². The Morgan fingerprint density at radius 1 is 1.37 bits per heavy atom. The lowest BCUT2D eigenvalue weighted by Crippen LogP contribution is -2.31. The Kier molecular flexibility index (Phi) is 5.89. The average molecular weight is 328 g/mol. The van der Waals surface area contributed by atoms with Gasteiger partial charge in [0.05, 0.1) is 22.4 Å². The van der Waals surface area contributed by atoms with Gasteiger partial charge in [-0.25, -0.2) is 0 Å². The summed E-state index contributed by atoms with van der Waals surface area (Å²) in [6.45, 7) is 3.31. The van der Waals surface area contributed by atoms with E-state index in [1.165, 1.54) is 50.6 Å². The molecule has 1 aliphatic carbocycles. The first kappa shape index (κ1) is 15.0. The Morgan fingerprint density at radius 3 is 2.58 bits per heavy atom. The van der Waals surface area contributed by atoms with Gasteiger partial charge in [-0.3, -0.25) is 4.68 Å². The highest BCUT2D eigenvalue weighted by molar-refractivity contribution is 9.10. The molecule has 1 aliphatic rings. The maximum atomic E-state index is 4.39. The zero-order valence-electron chi connectivity index (χ0n) is 12.2. The third kappa shape index (κ3) is 3.82. The van der Waals surface area contributed by atoms with Gasteiger partial charge in [0.15, 0.2) is 0 Å². The molecule has 1 heterocycles. The summed E-state index contributed by atoms with van der Waals surface area (Å²) in [6, 6.07) is 0.444. The van der Waals surface area contributed by atoms with E-state index in [0.717, 1.165) is 16.9 Å². The summed E-state index contributed by atoms with van der Waals surface area (Å²) in [4.78, 5) is 0. The van der Waals surface area contributed by atoms with Gasteiger partial charge in [-0.05, 0) is 47.7 Å². The van der Waals surface area contributed by atoms with E-state index in [1.54, 1.807) is 0 Å². The van der Waals surface area contributed by atoms with E-state index in [1.807, 2.05) is 10.9 Å². The number of aromatic nitrogens is 2. The van der Waals surface area contributed by atoms with Crippen LogP contribution in [-0.4, -0.2) is 16.3 Å². The molecule has 1 aromatic heterocycles. The molecule has 108 valence electrons. The molecule has 0 bridgehead atoms. The fourth-order valence-corrected chi connectivity index (χ4v) is 3.80. The van der Waals surface area contributed by atoms with Gasteiger partial charge < -0.3 is 5.32 Å². The van der Waals surface area contributed by atoms with Crippen molar-refractivity contribution in [2.24, 2.45) is 13.0 Å². The minimum Gasteiger partial charge on any atom is -0.308 e. The molecule has 2 rings (SSSR count). The van der Waals surface area contributed by atoms with E-state index < -0.39 is 0 Å². The number of aryl methyl sites for hydroxylation is 1. The van der Waals surface area contributed by atoms with E-state index in [4.69, 9.17) is 0 Å². The van der Waals surface area contributed by atoms with Crippen LogP contribution in [0.25, 0.3) is 0 Å². The molecule has 4 heteroatoms. The molecule has 0 saturated heterocycles. The Labute approximate surface area is 125 Å². The molecule has 0 amide bonds. The largest absolute Gasteiger partial charge is 0.308 e. The van der Waals surface area contributed by atoms with Gasteiger partial charge in [0.25, 0.3) is 0 Å². The zero-order valence-corrected chi connectivity index (χ0v) is 13.7. The number of hydrogen-bond donors (Lipinski definition) is 1. The maximum absolute atomic E-state index is 4.39. The van der Waals surface area contributed by atoms with Crippen LogP contribution in [0.4, 0.5) is 0 Å². The third-order valence-electron chi connectivity index (χ3n) is 4.22. The molecular formula is C15H26BrN3. The summed E-state index contributed by atoms with van der Waals surface area (Å²) in [5.41, 5.74) is 1.32. The number of nitrogens with zero attached hydrogens (tertiary/aromatic N) is 2. The van der Waals surface area contributed by atoms with Crippen LogP contribution >= 0.6 is 15.9 Å². The van der Waals surface area contributed by atoms with Crippen molar-refractivity contribution in [3.05, 3.63) is 16.4 Å². The van der Waals surface area contributed by atoms with Crippen LogP contribution in [0.5, 0.6) is 0 Å². The second-order valence-corrected chi connectivity index (χ2v) is 6.54. The molecule has 0 aliphatic heterocycles. The molecule has 1 atom stereocenters. The van der Waals surface area contributed by atoms with E-state index >= 15 is 0 Å². The second-order valence-electron chi connectivity index (χ2n) is 5.68. The van der Waals surface area contributed by atoms with Crippen LogP contribution in [0.2, 0.25) is 0 Å². The molecule has 0 radical (unpaired) electrons. The SMILES string of the molecule is CCCNC(c1c(Br)cnn1C)C1CCCCCC1. The number of hydrogen-bond acceptors (Lipinski definition) is 2. The molecule has 1 unspecified atom stereocenters. The van der Waals surface area contributed by atoms with Crippen molar-refractivity contribution in [2.75, 3.05) is 6.54 Å². The van der Waals surface area contributed by atoms with E-state index in [9.17, 15) is 0 Å². The second kappa shape index (κ2) is 7.44. The minimum absolute atomic E-state index is 0.444. The van der Waals surface area contributed by atoms with Crippen molar-refractivity contribution in [1.29, 1.82) is 0 Å². The van der Waals surface area contributed by atoms with Crippen molar-refractivity contribution in [2.45, 2.75) is 57.9 Å². The van der Waals surface area contributed by atoms with Crippen LogP contribution < -0.4 is 5.32 Å². The van der Waals surface area contributed by atoms with Crippen molar-refractivity contribution in [3.63, 3.8) is 0 Å². The van der Waals surface area contributed by atoms with Crippen LogP contribution in [0, 0.1) is 5.92 Å². The van der Waals surface area contributed by atoms with Crippen molar-refractivity contribution in [1.82, 2.24) is 15.1 Å². The molecule has 19 heavy (non-hydrogen) atoms. The maximum Gasteiger partial charge on any atom is 0.0695 e. The van der Waals surface area contributed by atoms with Crippen molar-refractivity contribution < 1.29 is 0 Å². The average Bonchev–Trinajstić information content (AvgIpc) is 2.62. The van der Waals surface area contributed by atoms with E-state index in [2.05, 4.69) is 40.3 Å². The Hall–Kier alpha value is -0.350. The Morgan fingerprint density at radius 2 is 2.05 bits per heavy atom. The minimum atomic E-state index is 0.444. The molecule has 1 saturated carbocycles. The summed E-state index contributed by atoms with van der Waals surface area (Å²) >= 11 is 3.67. The fraction of sp³-hybridized carbons (Fsp3) is 0.800. The van der Waals surface area contributed by atoms with Crippen LogP contribution in [0.3, 0.4) is 0 Å². The molecular weight excluding hydrogens is 302 g/mol. The highest BCUT2D eigenvalue weighted by Crippen LogP contribution is 2.36. The molecule has 1 aromatic rings. The first-order chi connectivity index (χ1) is 9.24. The van der Waals surface area contributed by atoms with E-state index in [-0.39, 0.29) is 0 Å². The van der Waals surface area contributed by atoms with Gasteiger partial charge in [0.1, 0.15) is 0 Å². The number of nitrogens with one attached hydrogen (secondary N) is 1. The highest BCUT2D eigenvalue weighted by atomic mass is 79.9. The monoisotopic (exact) mass is 327 g/mol. The predicted molar refractivity (Wildman–Crippen MR) is 83.1 cm³/mol. The lowest BCUT2D eigenvalue weighted by molar-refractivity contribution is 0.311. The third-order valence-corrected chi connectivity index (χ3v) is 4.83. The number of rotatable bonds is 5. The first-order valence-electron chi connectivity index (χ1n) is 7.64. The lowest BCUT2D eigenvalue weighted by atomic mass is 9.89. The van der Waals surface area contributed by atoms with Gasteiger partial charge in [0, 0.05) is 7.05 Å². The summed E-state index contributed by atoms with van der Waals surface area (Å²) in [7, 11) is 2.05. The fourth-order valence-electron chi connectivity index (χ4n) is 3.20. The van der Waals surface area contributed by atoms with Crippen molar-refractivity contribution in [3.8, 4) is 0 Å². The first-order valence-corrected chi connectivity index (χ1v) is 8.44. The van der Waals surface area contributed by atoms with Crippen molar-refractivity contribution >= 4 is 15.9 Å². The standard InChI is InChI=1S/C15H26BrN3/c1-3-10-17-14(12-8-6-4-5-7-9-12)15-13(16)11-18-19(15)2/h11-12,14,17H,3-10H2,1-2H3. The lowest BCUT2D eigenvalue weighted by Gasteiger charge is -2.28. The van der Waals surface area contributed by atoms with Crippen LogP contribution in [0.15, 0.2) is 10.7 Å². The highest BCUT2D eigenvalue weighted by Gasteiger charge is 2.27. The topological polar surface area (TPSA) is 29.9 Å². The summed E-state index contributed by atoms with van der Waals surface area (Å²) < 4.78 is 3.18. The summed E-state index contributed by atoms with van der Waals surface area (Å²) in [6.07, 6.45) is 11.4. The Balaban J connectivity index is 2.19. The van der Waals surface area contributed by atoms with Crippen LogP contribution in [-0.2, 0) is 7.05 Å². The zero-order chi connectivity index (χ0) is 13.7. The van der Waals surface area contributed by atoms with Gasteiger partial charge in [-0.1, -0.05) is 32.6 Å². The van der Waals surface area contributed by atoms with E-state index in [0.29, 0.717) is 6.04 Å². The molecule has 0 spiro atoms. The molecule has 0 aromatic carbocycles. The normalized spacial score (nSPS) is 19.3. The van der Waals surface area contributed by atoms with Gasteiger partial charge >= 0.3 is 0 Å².